The molecule has 0 unspecified atom stereocenters. The van der Waals surface area contributed by atoms with Crippen LogP contribution in [0.2, 0.25) is 0 Å². The summed E-state index contributed by atoms with van der Waals surface area (Å²) < 4.78 is 46.8. The number of hydrogen-bond donors (Lipinski definition) is 4. The van der Waals surface area contributed by atoms with Crippen LogP contribution in [-0.2, 0) is 41.6 Å². The van der Waals surface area contributed by atoms with Gasteiger partial charge in [-0.1, -0.05) is 135 Å². The molecule has 2 aromatic rings. The quantitative estimate of drug-likeness (QED) is 0.0388. The van der Waals surface area contributed by atoms with Crippen LogP contribution in [0.3, 0.4) is 0 Å². The van der Waals surface area contributed by atoms with E-state index >= 15 is 0 Å². The molecule has 0 radical (unpaired) electrons. The zero-order chi connectivity index (χ0) is 45.9. The van der Waals surface area contributed by atoms with Gasteiger partial charge in [0.05, 0.1) is 84.4 Å². The summed E-state index contributed by atoms with van der Waals surface area (Å²) in [5.41, 5.74) is 1.02. The van der Waals surface area contributed by atoms with Crippen LogP contribution < -0.4 is 9.47 Å². The lowest BCUT2D eigenvalue weighted by atomic mass is 9.99. The van der Waals surface area contributed by atoms with Crippen LogP contribution in [-0.4, -0.2) is 138 Å². The zero-order valence-corrected chi connectivity index (χ0v) is 39.1. The number of nitrogens with zero attached hydrogens (tertiary/aromatic N) is 3. The van der Waals surface area contributed by atoms with Gasteiger partial charge in [-0.25, -0.2) is 9.48 Å². The second-order valence-corrected chi connectivity index (χ2v) is 16.7. The summed E-state index contributed by atoms with van der Waals surface area (Å²) in [5, 5.41) is 47.2. The fourth-order valence-electron chi connectivity index (χ4n) is 7.29. The van der Waals surface area contributed by atoms with E-state index in [4.69, 9.17) is 37.9 Å². The summed E-state index contributed by atoms with van der Waals surface area (Å²) in [7, 11) is 0. The fraction of sp³-hybridized carbons (Fsp3) is 0.812. The Balaban J connectivity index is 1.30. The third-order valence-electron chi connectivity index (χ3n) is 11.1. The minimum absolute atomic E-state index is 0.0631. The predicted molar refractivity (Wildman–Crippen MR) is 242 cm³/mol. The molecule has 0 spiro atoms. The van der Waals surface area contributed by atoms with Gasteiger partial charge in [0.25, 0.3) is 0 Å². The molecule has 1 aliphatic rings. The van der Waals surface area contributed by atoms with Gasteiger partial charge in [-0.15, -0.1) is 5.10 Å². The van der Waals surface area contributed by atoms with Gasteiger partial charge in [-0.2, -0.15) is 0 Å². The number of carbonyl (C=O) groups excluding carboxylic acids is 1. The molecule has 0 bridgehead atoms. The third kappa shape index (κ3) is 24.6. The van der Waals surface area contributed by atoms with E-state index in [1.54, 1.807) is 23.0 Å². The first-order valence-electron chi connectivity index (χ1n) is 24.5. The van der Waals surface area contributed by atoms with E-state index in [2.05, 4.69) is 24.2 Å². The number of unbranched alkanes of at least 4 members (excludes halogenated alkanes) is 18. The Labute approximate surface area is 382 Å². The third-order valence-corrected chi connectivity index (χ3v) is 11.1. The first kappa shape index (κ1) is 55.4. The molecule has 3 rings (SSSR count). The lowest BCUT2D eigenvalue weighted by molar-refractivity contribution is -0.302. The minimum atomic E-state index is -1.49. The van der Waals surface area contributed by atoms with Crippen molar-refractivity contribution in [3.8, 4) is 11.5 Å². The van der Waals surface area contributed by atoms with Crippen molar-refractivity contribution in [2.45, 2.75) is 186 Å². The minimum Gasteiger partial charge on any atom is -0.493 e. The number of aromatic nitrogens is 3. The molecule has 0 amide bonds. The number of aliphatic hydroxyl groups excluding tert-OH is 4. The highest BCUT2D eigenvalue weighted by molar-refractivity contribution is 5.90. The van der Waals surface area contributed by atoms with Crippen LogP contribution in [0.5, 0.6) is 11.5 Å². The summed E-state index contributed by atoms with van der Waals surface area (Å²) in [6.07, 6.45) is 20.2. The topological polar surface area (TPSA) is 203 Å². The Morgan fingerprint density at radius 3 is 1.64 bits per heavy atom. The highest BCUT2D eigenvalue weighted by Crippen LogP contribution is 2.25. The van der Waals surface area contributed by atoms with Crippen molar-refractivity contribution < 1.29 is 63.1 Å². The average molecular weight is 910 g/mol. The molecule has 16 nitrogen and oxygen atoms in total. The van der Waals surface area contributed by atoms with Gasteiger partial charge < -0.3 is 58.3 Å². The Hall–Kier alpha value is -2.93. The first-order chi connectivity index (χ1) is 31.4. The molecule has 0 saturated carbocycles. The van der Waals surface area contributed by atoms with Gasteiger partial charge in [0, 0.05) is 6.07 Å². The second kappa shape index (κ2) is 36.2. The van der Waals surface area contributed by atoms with Crippen molar-refractivity contribution in [2.24, 2.45) is 0 Å². The number of esters is 1. The number of ether oxygens (including phenoxy) is 8. The van der Waals surface area contributed by atoms with E-state index in [-0.39, 0.29) is 26.4 Å². The number of rotatable bonds is 41. The zero-order valence-electron chi connectivity index (χ0n) is 39.1. The van der Waals surface area contributed by atoms with E-state index in [9.17, 15) is 25.2 Å². The number of benzene rings is 1. The van der Waals surface area contributed by atoms with Crippen molar-refractivity contribution in [3.63, 3.8) is 0 Å². The number of aliphatic hydroxyl groups is 4. The molecule has 1 saturated heterocycles. The van der Waals surface area contributed by atoms with Gasteiger partial charge in [-0.3, -0.25) is 0 Å². The van der Waals surface area contributed by atoms with Crippen LogP contribution >= 0.6 is 0 Å². The molecule has 64 heavy (non-hydrogen) atoms. The van der Waals surface area contributed by atoms with Gasteiger partial charge in [0.2, 0.25) is 0 Å². The smallest absolute Gasteiger partial charge is 0.338 e. The van der Waals surface area contributed by atoms with Crippen molar-refractivity contribution >= 4 is 5.97 Å². The molecule has 0 aliphatic carbocycles. The Bertz CT molecular complexity index is 1390. The highest BCUT2D eigenvalue weighted by atomic mass is 16.7. The maximum Gasteiger partial charge on any atom is 0.338 e. The molecule has 1 fully saturated rings. The normalized spacial score (nSPS) is 18.7. The molecule has 5 atom stereocenters. The van der Waals surface area contributed by atoms with Crippen LogP contribution in [0, 0.1) is 0 Å². The lowest BCUT2D eigenvalue weighted by Crippen LogP contribution is -2.59. The first-order valence-corrected chi connectivity index (χ1v) is 24.5. The van der Waals surface area contributed by atoms with E-state index in [1.165, 1.54) is 103 Å². The Morgan fingerprint density at radius 2 is 1.11 bits per heavy atom. The molecule has 4 N–H and O–H groups in total. The maximum absolute atomic E-state index is 13.2. The maximum atomic E-state index is 13.2. The monoisotopic (exact) mass is 910 g/mol. The summed E-state index contributed by atoms with van der Waals surface area (Å²) >= 11 is 0. The van der Waals surface area contributed by atoms with Crippen LogP contribution in [0.1, 0.15) is 158 Å². The summed E-state index contributed by atoms with van der Waals surface area (Å²) in [5.74, 6) is 0.770. The predicted octanol–water partition coefficient (Wildman–Crippen LogP) is 7.10. The lowest BCUT2D eigenvalue weighted by Gasteiger charge is -2.39. The van der Waals surface area contributed by atoms with Crippen molar-refractivity contribution in [1.29, 1.82) is 0 Å². The van der Waals surface area contributed by atoms with E-state index in [0.29, 0.717) is 68.9 Å². The van der Waals surface area contributed by atoms with Crippen LogP contribution in [0.15, 0.2) is 24.4 Å². The van der Waals surface area contributed by atoms with Crippen molar-refractivity contribution in [2.75, 3.05) is 66.1 Å². The highest BCUT2D eigenvalue weighted by Gasteiger charge is 2.44. The molecule has 1 aromatic carbocycles. The molecule has 16 heteroatoms. The summed E-state index contributed by atoms with van der Waals surface area (Å²) in [4.78, 5) is 13.2. The van der Waals surface area contributed by atoms with Crippen LogP contribution in [0.25, 0.3) is 0 Å². The fourth-order valence-corrected chi connectivity index (χ4v) is 7.29. The molecule has 1 aromatic heterocycles. The van der Waals surface area contributed by atoms with E-state index < -0.39 is 43.3 Å². The van der Waals surface area contributed by atoms with Gasteiger partial charge >= 0.3 is 5.97 Å². The van der Waals surface area contributed by atoms with Crippen molar-refractivity contribution in [3.05, 3.63) is 35.7 Å². The Morgan fingerprint density at radius 1 is 0.609 bits per heavy atom. The largest absolute Gasteiger partial charge is 0.493 e. The SMILES string of the molecule is CCCCCCCCCCCCOc1cc(OCCCCCCCCCCCC)cc(C(=O)OCCn2cc(COCCOCCOCCO[C@@H]3O[C@H](CO)[C@@H](O)[C@H](O)[C@@H]3O)nn2)c1. The van der Waals surface area contributed by atoms with Crippen molar-refractivity contribution in [1.82, 2.24) is 15.0 Å². The van der Waals surface area contributed by atoms with E-state index in [0.717, 1.165) is 25.7 Å². The summed E-state index contributed by atoms with van der Waals surface area (Å²) in [6, 6.07) is 5.35. The molecule has 368 valence electrons. The molecular weight excluding hydrogens is 827 g/mol. The van der Waals surface area contributed by atoms with Gasteiger partial charge in [-0.05, 0) is 25.0 Å². The summed E-state index contributed by atoms with van der Waals surface area (Å²) in [6.45, 7) is 7.36. The number of hydrogen-bond acceptors (Lipinski definition) is 15. The Kier molecular flexibility index (Phi) is 31.4. The second-order valence-electron chi connectivity index (χ2n) is 16.7. The van der Waals surface area contributed by atoms with Gasteiger partial charge in [0.1, 0.15) is 48.2 Å². The molecular formula is C48H83N3O13. The molecule has 1 aliphatic heterocycles. The average Bonchev–Trinajstić information content (AvgIpc) is 3.76. The number of carbonyl (C=O) groups is 1. The van der Waals surface area contributed by atoms with Crippen LogP contribution in [0.4, 0.5) is 0 Å². The van der Waals surface area contributed by atoms with E-state index in [1.807, 2.05) is 6.07 Å². The standard InChI is InChI=1S/C48H83N3O13/c1-3-5-7-9-11-13-15-17-19-21-24-60-41-33-39(34-42(35-41)61-25-22-20-18-16-14-12-10-8-6-4-2)47(56)62-26-23-51-36-40(49-50-51)38-59-30-29-57-27-28-58-31-32-63-48-46(55)45(54)44(53)43(37-52)64-48/h33-36,43-46,48,52-55H,3-32,37-38H2,1-2H3/t43-,44-,45+,46+,48-/m1/s1. The van der Waals surface area contributed by atoms with Gasteiger partial charge in [0.15, 0.2) is 6.29 Å². The molecule has 2 heterocycles.